The first-order valence-corrected chi connectivity index (χ1v) is 6.02. The third kappa shape index (κ3) is 2.72. The molecular weight excluding hydrogens is 267 g/mol. The fourth-order valence-electron chi connectivity index (χ4n) is 2.13. The molecule has 1 saturated heterocycles. The molecule has 0 spiro atoms. The molecule has 0 aliphatic carbocycles. The fourth-order valence-corrected chi connectivity index (χ4v) is 2.37. The Morgan fingerprint density at radius 2 is 2.11 bits per heavy atom. The standard InChI is InChI=1S/C12H13ClF3NO/c13-10-2-1-9(12(14,15)16)5-11(10)17-4-3-8(6-17)7-18/h1-2,5,8,18H,3-4,6-7H2. The summed E-state index contributed by atoms with van der Waals surface area (Å²) in [6, 6.07) is 3.32. The molecule has 1 atom stereocenters. The van der Waals surface area contributed by atoms with E-state index in [-0.39, 0.29) is 12.5 Å². The van der Waals surface area contributed by atoms with Crippen molar-refractivity contribution in [3.63, 3.8) is 0 Å². The summed E-state index contributed by atoms with van der Waals surface area (Å²) in [6.07, 6.45) is -3.60. The fraction of sp³-hybridized carbons (Fsp3) is 0.500. The van der Waals surface area contributed by atoms with Crippen LogP contribution in [0.25, 0.3) is 0 Å². The van der Waals surface area contributed by atoms with E-state index in [4.69, 9.17) is 16.7 Å². The third-order valence-electron chi connectivity index (χ3n) is 3.16. The Kier molecular flexibility index (Phi) is 3.73. The van der Waals surface area contributed by atoms with Crippen LogP contribution in [-0.2, 0) is 6.18 Å². The van der Waals surface area contributed by atoms with E-state index in [0.29, 0.717) is 23.8 Å². The number of hydrogen-bond donors (Lipinski definition) is 1. The predicted octanol–water partition coefficient (Wildman–Crippen LogP) is 3.18. The summed E-state index contributed by atoms with van der Waals surface area (Å²) in [4.78, 5) is 1.79. The highest BCUT2D eigenvalue weighted by Gasteiger charge is 2.32. The van der Waals surface area contributed by atoms with Gasteiger partial charge in [0.05, 0.1) is 16.3 Å². The average Bonchev–Trinajstić information content (AvgIpc) is 2.76. The minimum atomic E-state index is -4.37. The van der Waals surface area contributed by atoms with Crippen molar-refractivity contribution in [3.05, 3.63) is 28.8 Å². The van der Waals surface area contributed by atoms with Crippen molar-refractivity contribution in [1.82, 2.24) is 0 Å². The predicted molar refractivity (Wildman–Crippen MR) is 63.9 cm³/mol. The molecule has 0 radical (unpaired) electrons. The van der Waals surface area contributed by atoms with Crippen LogP contribution >= 0.6 is 11.6 Å². The van der Waals surface area contributed by atoms with Gasteiger partial charge in [0.2, 0.25) is 0 Å². The van der Waals surface area contributed by atoms with Crippen LogP contribution < -0.4 is 4.90 Å². The van der Waals surface area contributed by atoms with Gasteiger partial charge in [0, 0.05) is 25.6 Å². The number of alkyl halides is 3. The molecular formula is C12H13ClF3NO. The van der Waals surface area contributed by atoms with Gasteiger partial charge >= 0.3 is 6.18 Å². The van der Waals surface area contributed by atoms with E-state index >= 15 is 0 Å². The second kappa shape index (κ2) is 4.97. The zero-order valence-corrected chi connectivity index (χ0v) is 10.3. The Morgan fingerprint density at radius 3 is 2.67 bits per heavy atom. The van der Waals surface area contributed by atoms with Crippen LogP contribution in [0.3, 0.4) is 0 Å². The third-order valence-corrected chi connectivity index (χ3v) is 3.48. The maximum atomic E-state index is 12.6. The lowest BCUT2D eigenvalue weighted by Gasteiger charge is -2.21. The first kappa shape index (κ1) is 13.5. The van der Waals surface area contributed by atoms with Gasteiger partial charge in [0.1, 0.15) is 0 Å². The van der Waals surface area contributed by atoms with Crippen LogP contribution in [0.1, 0.15) is 12.0 Å². The topological polar surface area (TPSA) is 23.5 Å². The van der Waals surface area contributed by atoms with Crippen molar-refractivity contribution in [2.75, 3.05) is 24.6 Å². The Balaban J connectivity index is 2.27. The van der Waals surface area contributed by atoms with Crippen LogP contribution in [-0.4, -0.2) is 24.8 Å². The molecule has 1 aliphatic heterocycles. The highest BCUT2D eigenvalue weighted by molar-refractivity contribution is 6.33. The van der Waals surface area contributed by atoms with E-state index < -0.39 is 11.7 Å². The number of benzene rings is 1. The maximum Gasteiger partial charge on any atom is 0.416 e. The molecule has 6 heteroatoms. The highest BCUT2D eigenvalue weighted by Crippen LogP contribution is 2.36. The van der Waals surface area contributed by atoms with Crippen molar-refractivity contribution in [1.29, 1.82) is 0 Å². The van der Waals surface area contributed by atoms with E-state index in [1.165, 1.54) is 6.07 Å². The van der Waals surface area contributed by atoms with Gasteiger partial charge in [-0.15, -0.1) is 0 Å². The van der Waals surface area contributed by atoms with Gasteiger partial charge in [-0.25, -0.2) is 0 Å². The Bertz CT molecular complexity index is 436. The molecule has 1 unspecified atom stereocenters. The number of anilines is 1. The molecule has 0 bridgehead atoms. The largest absolute Gasteiger partial charge is 0.416 e. The summed E-state index contributed by atoms with van der Waals surface area (Å²) in [5.41, 5.74) is -0.309. The van der Waals surface area contributed by atoms with Crippen molar-refractivity contribution < 1.29 is 18.3 Å². The van der Waals surface area contributed by atoms with Crippen LogP contribution in [0.4, 0.5) is 18.9 Å². The van der Waals surface area contributed by atoms with E-state index in [1.54, 1.807) is 4.90 Å². The number of hydrogen-bond acceptors (Lipinski definition) is 2. The van der Waals surface area contributed by atoms with Gasteiger partial charge in [-0.1, -0.05) is 11.6 Å². The number of nitrogens with zero attached hydrogens (tertiary/aromatic N) is 1. The molecule has 100 valence electrons. The van der Waals surface area contributed by atoms with Gasteiger partial charge in [0.25, 0.3) is 0 Å². The quantitative estimate of drug-likeness (QED) is 0.899. The van der Waals surface area contributed by atoms with E-state index in [2.05, 4.69) is 0 Å². The lowest BCUT2D eigenvalue weighted by atomic mass is 10.1. The minimum absolute atomic E-state index is 0.0487. The second-order valence-corrected chi connectivity index (χ2v) is 4.85. The minimum Gasteiger partial charge on any atom is -0.396 e. The summed E-state index contributed by atoms with van der Waals surface area (Å²) < 4.78 is 37.9. The molecule has 2 rings (SSSR count). The van der Waals surface area contributed by atoms with E-state index in [9.17, 15) is 13.2 Å². The van der Waals surface area contributed by atoms with Gasteiger partial charge in [-0.05, 0) is 24.6 Å². The summed E-state index contributed by atoms with van der Waals surface area (Å²) in [5, 5.41) is 9.35. The van der Waals surface area contributed by atoms with Gasteiger partial charge < -0.3 is 10.0 Å². The van der Waals surface area contributed by atoms with E-state index in [0.717, 1.165) is 18.6 Å². The van der Waals surface area contributed by atoms with Crippen LogP contribution in [0, 0.1) is 5.92 Å². The molecule has 1 heterocycles. The number of aliphatic hydroxyl groups excluding tert-OH is 1. The summed E-state index contributed by atoms with van der Waals surface area (Å²) in [7, 11) is 0. The molecule has 0 saturated carbocycles. The summed E-state index contributed by atoms with van der Waals surface area (Å²) in [5.74, 6) is 0.107. The maximum absolute atomic E-state index is 12.6. The van der Waals surface area contributed by atoms with Crippen LogP contribution in [0.15, 0.2) is 18.2 Å². The zero-order chi connectivity index (χ0) is 13.3. The smallest absolute Gasteiger partial charge is 0.396 e. The van der Waals surface area contributed by atoms with Crippen molar-refractivity contribution in [2.45, 2.75) is 12.6 Å². The average molecular weight is 280 g/mol. The van der Waals surface area contributed by atoms with Crippen molar-refractivity contribution in [2.24, 2.45) is 5.92 Å². The molecule has 1 fully saturated rings. The van der Waals surface area contributed by atoms with E-state index in [1.807, 2.05) is 0 Å². The molecule has 0 aromatic heterocycles. The SMILES string of the molecule is OCC1CCN(c2cc(C(F)(F)F)ccc2Cl)C1. The number of halogens is 4. The molecule has 1 N–H and O–H groups in total. The molecule has 1 aromatic rings. The number of aliphatic hydroxyl groups is 1. The highest BCUT2D eigenvalue weighted by atomic mass is 35.5. The Hall–Kier alpha value is -0.940. The van der Waals surface area contributed by atoms with Gasteiger partial charge in [0.15, 0.2) is 0 Å². The molecule has 2 nitrogen and oxygen atoms in total. The zero-order valence-electron chi connectivity index (χ0n) is 9.54. The van der Waals surface area contributed by atoms with Gasteiger partial charge in [-0.2, -0.15) is 13.2 Å². The molecule has 0 amide bonds. The molecule has 1 aliphatic rings. The summed E-state index contributed by atoms with van der Waals surface area (Å²) in [6.45, 7) is 1.21. The molecule has 1 aromatic carbocycles. The van der Waals surface area contributed by atoms with Gasteiger partial charge in [-0.3, -0.25) is 0 Å². The van der Waals surface area contributed by atoms with Crippen LogP contribution in [0.2, 0.25) is 5.02 Å². The van der Waals surface area contributed by atoms with Crippen molar-refractivity contribution >= 4 is 17.3 Å². The monoisotopic (exact) mass is 279 g/mol. The second-order valence-electron chi connectivity index (χ2n) is 4.45. The molecule has 18 heavy (non-hydrogen) atoms. The Labute approximate surface area is 108 Å². The lowest BCUT2D eigenvalue weighted by molar-refractivity contribution is -0.137. The normalized spacial score (nSPS) is 20.5. The van der Waals surface area contributed by atoms with Crippen LogP contribution in [0.5, 0.6) is 0 Å². The van der Waals surface area contributed by atoms with Crippen molar-refractivity contribution in [3.8, 4) is 0 Å². The first-order valence-electron chi connectivity index (χ1n) is 5.64. The Morgan fingerprint density at radius 1 is 1.39 bits per heavy atom. The number of rotatable bonds is 2. The lowest BCUT2D eigenvalue weighted by Crippen LogP contribution is -2.21. The summed E-state index contributed by atoms with van der Waals surface area (Å²) >= 11 is 5.95. The first-order chi connectivity index (χ1) is 8.41.